The molecule has 0 amide bonds. The number of hydrogen-bond donors (Lipinski definition) is 1. The van der Waals surface area contributed by atoms with Gasteiger partial charge in [-0.3, -0.25) is 4.90 Å². The number of hydrogen-bond acceptors (Lipinski definition) is 7. The molecule has 2 aromatic rings. The smallest absolute Gasteiger partial charge is 0.236 e. The number of ether oxygens (including phenoxy) is 1. The minimum Gasteiger partial charge on any atom is -0.381 e. The summed E-state index contributed by atoms with van der Waals surface area (Å²) >= 11 is 7.45. The molecule has 1 aromatic heterocycles. The summed E-state index contributed by atoms with van der Waals surface area (Å²) in [5, 5.41) is 5.28. The average molecular weight is 408 g/mol. The normalized spacial score (nSPS) is 19.4. The summed E-state index contributed by atoms with van der Waals surface area (Å²) in [5.41, 5.74) is 1.34. The van der Waals surface area contributed by atoms with Crippen molar-refractivity contribution in [3.05, 3.63) is 34.9 Å². The summed E-state index contributed by atoms with van der Waals surface area (Å²) in [6.45, 7) is 6.88. The van der Waals surface area contributed by atoms with Crippen LogP contribution in [0.2, 0.25) is 5.02 Å². The van der Waals surface area contributed by atoms with E-state index in [1.807, 2.05) is 12.1 Å². The zero-order valence-electron chi connectivity index (χ0n) is 15.4. The number of benzene rings is 1. The Hall–Kier alpha value is -1.41. The fourth-order valence-electron chi connectivity index (χ4n) is 3.53. The first kappa shape index (κ1) is 18.9. The lowest BCUT2D eigenvalue weighted by atomic mass is 10.1. The van der Waals surface area contributed by atoms with Gasteiger partial charge in [0, 0.05) is 68.5 Å². The van der Waals surface area contributed by atoms with Crippen molar-refractivity contribution in [1.82, 2.24) is 14.3 Å². The van der Waals surface area contributed by atoms with Gasteiger partial charge < -0.3 is 15.0 Å². The molecule has 0 radical (unpaired) electrons. The summed E-state index contributed by atoms with van der Waals surface area (Å²) in [4.78, 5) is 9.58. The summed E-state index contributed by atoms with van der Waals surface area (Å²) in [5.74, 6) is 0.770. The van der Waals surface area contributed by atoms with Gasteiger partial charge in [0.05, 0.1) is 0 Å². The van der Waals surface area contributed by atoms with Crippen LogP contribution in [0.25, 0.3) is 0 Å². The summed E-state index contributed by atoms with van der Waals surface area (Å²) in [6.07, 6.45) is 3.12. The molecule has 0 spiro atoms. The highest BCUT2D eigenvalue weighted by atomic mass is 35.5. The van der Waals surface area contributed by atoms with Crippen LogP contribution in [0.3, 0.4) is 0 Å². The Kier molecular flexibility index (Phi) is 6.44. The summed E-state index contributed by atoms with van der Waals surface area (Å²) in [6, 6.07) is 8.61. The Balaban J connectivity index is 1.22. The maximum absolute atomic E-state index is 5.96. The lowest BCUT2D eigenvalue weighted by Gasteiger charge is -2.34. The van der Waals surface area contributed by atoms with Gasteiger partial charge in [-0.05, 0) is 37.0 Å². The van der Waals surface area contributed by atoms with Crippen LogP contribution < -0.4 is 10.2 Å². The first-order chi connectivity index (χ1) is 13.3. The standard InChI is InChI=1S/C19H26ClN5OS/c20-16-3-1-15(2-4-16)5-8-24-9-11-25(12-10-24)19-22-18(23-27-19)21-17-6-13-26-14-7-17/h1-4,17H,5-14H2,(H,21,23). The van der Waals surface area contributed by atoms with Crippen molar-refractivity contribution >= 4 is 34.2 Å². The van der Waals surface area contributed by atoms with E-state index >= 15 is 0 Å². The van der Waals surface area contributed by atoms with Crippen LogP contribution in [0.1, 0.15) is 18.4 Å². The van der Waals surface area contributed by atoms with Crippen LogP contribution in [-0.2, 0) is 11.2 Å². The predicted molar refractivity (Wildman–Crippen MR) is 111 cm³/mol. The van der Waals surface area contributed by atoms with E-state index in [1.54, 1.807) is 0 Å². The van der Waals surface area contributed by atoms with E-state index in [0.717, 1.165) is 81.3 Å². The second-order valence-corrected chi connectivity index (χ2v) is 8.30. The third-order valence-corrected chi connectivity index (χ3v) is 6.27. The molecule has 0 atom stereocenters. The fourth-order valence-corrected chi connectivity index (χ4v) is 4.34. The van der Waals surface area contributed by atoms with Gasteiger partial charge in [0.25, 0.3) is 0 Å². The van der Waals surface area contributed by atoms with Crippen molar-refractivity contribution in [2.24, 2.45) is 0 Å². The molecule has 2 fully saturated rings. The number of nitrogens with one attached hydrogen (secondary N) is 1. The third kappa shape index (κ3) is 5.31. The van der Waals surface area contributed by atoms with E-state index in [9.17, 15) is 0 Å². The van der Waals surface area contributed by atoms with E-state index in [4.69, 9.17) is 21.3 Å². The molecule has 0 aliphatic carbocycles. The summed E-state index contributed by atoms with van der Waals surface area (Å²) in [7, 11) is 0. The van der Waals surface area contributed by atoms with Crippen LogP contribution in [0.4, 0.5) is 11.1 Å². The van der Waals surface area contributed by atoms with Crippen molar-refractivity contribution < 1.29 is 4.74 Å². The van der Waals surface area contributed by atoms with Crippen molar-refractivity contribution in [3.8, 4) is 0 Å². The molecule has 6 nitrogen and oxygen atoms in total. The van der Waals surface area contributed by atoms with Crippen molar-refractivity contribution in [2.75, 3.05) is 56.2 Å². The molecule has 27 heavy (non-hydrogen) atoms. The largest absolute Gasteiger partial charge is 0.381 e. The van der Waals surface area contributed by atoms with Crippen LogP contribution >= 0.6 is 23.1 Å². The number of halogens is 1. The molecule has 2 aliphatic heterocycles. The molecule has 0 saturated carbocycles. The van der Waals surface area contributed by atoms with Crippen LogP contribution in [-0.4, -0.2) is 66.2 Å². The van der Waals surface area contributed by atoms with Gasteiger partial charge in [0.2, 0.25) is 11.1 Å². The van der Waals surface area contributed by atoms with Gasteiger partial charge in [0.15, 0.2) is 0 Å². The SMILES string of the molecule is Clc1ccc(CCN2CCN(c3nc(NC4CCOCC4)ns3)CC2)cc1. The number of nitrogens with zero attached hydrogens (tertiary/aromatic N) is 4. The third-order valence-electron chi connectivity index (χ3n) is 5.24. The molecule has 3 heterocycles. The van der Waals surface area contributed by atoms with E-state index < -0.39 is 0 Å². The van der Waals surface area contributed by atoms with Gasteiger partial charge in [0.1, 0.15) is 0 Å². The molecular weight excluding hydrogens is 382 g/mol. The molecular formula is C19H26ClN5OS. The van der Waals surface area contributed by atoms with Crippen LogP contribution in [0, 0.1) is 0 Å². The minimum atomic E-state index is 0.436. The van der Waals surface area contributed by atoms with Crippen molar-refractivity contribution in [2.45, 2.75) is 25.3 Å². The maximum Gasteiger partial charge on any atom is 0.236 e. The Morgan fingerprint density at radius 2 is 1.85 bits per heavy atom. The fraction of sp³-hybridized carbons (Fsp3) is 0.579. The zero-order chi connectivity index (χ0) is 18.5. The second kappa shape index (κ2) is 9.19. The maximum atomic E-state index is 5.96. The number of piperazine rings is 1. The quantitative estimate of drug-likeness (QED) is 0.793. The highest BCUT2D eigenvalue weighted by Crippen LogP contribution is 2.23. The Morgan fingerprint density at radius 1 is 1.11 bits per heavy atom. The van der Waals surface area contributed by atoms with E-state index in [2.05, 4.69) is 31.6 Å². The van der Waals surface area contributed by atoms with Gasteiger partial charge in [-0.15, -0.1) is 0 Å². The van der Waals surface area contributed by atoms with Gasteiger partial charge in [-0.1, -0.05) is 23.7 Å². The average Bonchev–Trinajstić information content (AvgIpc) is 3.17. The molecule has 0 bridgehead atoms. The lowest BCUT2D eigenvalue weighted by molar-refractivity contribution is 0.0903. The Bertz CT molecular complexity index is 711. The molecule has 2 saturated heterocycles. The molecule has 2 aliphatic rings. The highest BCUT2D eigenvalue weighted by molar-refractivity contribution is 7.09. The first-order valence-electron chi connectivity index (χ1n) is 9.66. The number of aromatic nitrogens is 2. The Labute approximate surface area is 169 Å². The van der Waals surface area contributed by atoms with Crippen molar-refractivity contribution in [3.63, 3.8) is 0 Å². The molecule has 1 N–H and O–H groups in total. The monoisotopic (exact) mass is 407 g/mol. The minimum absolute atomic E-state index is 0.436. The van der Waals surface area contributed by atoms with Crippen molar-refractivity contribution in [1.29, 1.82) is 0 Å². The molecule has 1 aromatic carbocycles. The molecule has 8 heteroatoms. The van der Waals surface area contributed by atoms with Gasteiger partial charge >= 0.3 is 0 Å². The highest BCUT2D eigenvalue weighted by Gasteiger charge is 2.21. The van der Waals surface area contributed by atoms with Gasteiger partial charge in [-0.25, -0.2) is 0 Å². The van der Waals surface area contributed by atoms with E-state index in [-0.39, 0.29) is 0 Å². The van der Waals surface area contributed by atoms with Crippen LogP contribution in [0.5, 0.6) is 0 Å². The second-order valence-electron chi connectivity index (χ2n) is 7.14. The Morgan fingerprint density at radius 3 is 2.59 bits per heavy atom. The van der Waals surface area contributed by atoms with E-state index in [1.165, 1.54) is 17.1 Å². The molecule has 0 unspecified atom stereocenters. The van der Waals surface area contributed by atoms with Gasteiger partial charge in [-0.2, -0.15) is 9.36 Å². The number of rotatable bonds is 6. The first-order valence-corrected chi connectivity index (χ1v) is 10.8. The molecule has 146 valence electrons. The molecule has 4 rings (SSSR count). The predicted octanol–water partition coefficient (Wildman–Crippen LogP) is 3.15. The summed E-state index contributed by atoms with van der Waals surface area (Å²) < 4.78 is 9.90. The zero-order valence-corrected chi connectivity index (χ0v) is 17.0. The van der Waals surface area contributed by atoms with Crippen LogP contribution in [0.15, 0.2) is 24.3 Å². The topological polar surface area (TPSA) is 53.5 Å². The lowest BCUT2D eigenvalue weighted by Crippen LogP contribution is -2.47. The van der Waals surface area contributed by atoms with E-state index in [0.29, 0.717) is 6.04 Å². The number of anilines is 2.